The van der Waals surface area contributed by atoms with Gasteiger partial charge in [-0.05, 0) is 25.5 Å². The third kappa shape index (κ3) is 3.66. The molecule has 4 N–H and O–H groups in total. The maximum Gasteiger partial charge on any atom is 0.255 e. The molecular formula is C13H20N2O2. The lowest BCUT2D eigenvalue weighted by molar-refractivity contribution is 0.0935. The number of para-hydroxylation sites is 1. The number of benzene rings is 1. The van der Waals surface area contributed by atoms with Crippen molar-refractivity contribution in [3.05, 3.63) is 23.8 Å². The third-order valence-corrected chi connectivity index (χ3v) is 2.68. The van der Waals surface area contributed by atoms with E-state index in [9.17, 15) is 9.90 Å². The van der Waals surface area contributed by atoms with Crippen molar-refractivity contribution in [2.24, 2.45) is 0 Å². The number of nitrogens with one attached hydrogen (secondary N) is 1. The molecule has 1 rings (SSSR count). The zero-order chi connectivity index (χ0) is 12.8. The number of hydrogen-bond acceptors (Lipinski definition) is 3. The van der Waals surface area contributed by atoms with Crippen LogP contribution in [0, 0.1) is 0 Å². The summed E-state index contributed by atoms with van der Waals surface area (Å²) in [7, 11) is 0. The Kier molecular flexibility index (Phi) is 4.82. The lowest BCUT2D eigenvalue weighted by Gasteiger charge is -2.14. The summed E-state index contributed by atoms with van der Waals surface area (Å²) < 4.78 is 0. The van der Waals surface area contributed by atoms with Crippen molar-refractivity contribution in [3.8, 4) is 5.75 Å². The number of unbranched alkanes of at least 4 members (excludes halogenated alkanes) is 1. The number of amides is 1. The van der Waals surface area contributed by atoms with E-state index in [1.807, 2.05) is 6.92 Å². The van der Waals surface area contributed by atoms with Crippen molar-refractivity contribution in [1.82, 2.24) is 5.32 Å². The number of carbonyl (C=O) groups excluding carboxylic acids is 1. The van der Waals surface area contributed by atoms with Gasteiger partial charge in [0.15, 0.2) is 5.75 Å². The molecule has 0 aliphatic rings. The fraction of sp³-hybridized carbons (Fsp3) is 0.462. The topological polar surface area (TPSA) is 75.4 Å². The van der Waals surface area contributed by atoms with Crippen LogP contribution in [-0.4, -0.2) is 17.1 Å². The summed E-state index contributed by atoms with van der Waals surface area (Å²) >= 11 is 0. The molecule has 0 fully saturated rings. The minimum absolute atomic E-state index is 0.100. The van der Waals surface area contributed by atoms with Gasteiger partial charge in [0.05, 0.1) is 11.3 Å². The van der Waals surface area contributed by atoms with Crippen LogP contribution in [0.3, 0.4) is 0 Å². The lowest BCUT2D eigenvalue weighted by Crippen LogP contribution is -2.32. The first-order valence-electron chi connectivity index (χ1n) is 5.94. The molecule has 0 saturated heterocycles. The van der Waals surface area contributed by atoms with Crippen LogP contribution in [0.25, 0.3) is 0 Å². The molecule has 1 atom stereocenters. The molecule has 0 saturated carbocycles. The molecule has 4 heteroatoms. The molecule has 4 nitrogen and oxygen atoms in total. The van der Waals surface area contributed by atoms with E-state index in [0.717, 1.165) is 19.3 Å². The molecule has 0 radical (unpaired) electrons. The van der Waals surface area contributed by atoms with Gasteiger partial charge in [-0.1, -0.05) is 25.8 Å². The van der Waals surface area contributed by atoms with Crippen LogP contribution in [-0.2, 0) is 0 Å². The average molecular weight is 236 g/mol. The number of nitrogens with two attached hydrogens (primary N) is 1. The van der Waals surface area contributed by atoms with E-state index in [4.69, 9.17) is 5.73 Å². The Balaban J connectivity index is 2.67. The second kappa shape index (κ2) is 6.13. The fourth-order valence-electron chi connectivity index (χ4n) is 1.63. The highest BCUT2D eigenvalue weighted by Gasteiger charge is 2.14. The van der Waals surface area contributed by atoms with Gasteiger partial charge in [0.25, 0.3) is 5.91 Å². The number of phenols is 1. The Morgan fingerprint density at radius 1 is 1.53 bits per heavy atom. The lowest BCUT2D eigenvalue weighted by atomic mass is 10.1. The maximum absolute atomic E-state index is 11.9. The van der Waals surface area contributed by atoms with Crippen LogP contribution < -0.4 is 11.1 Å². The van der Waals surface area contributed by atoms with E-state index in [1.165, 1.54) is 0 Å². The first kappa shape index (κ1) is 13.4. The first-order chi connectivity index (χ1) is 8.06. The monoisotopic (exact) mass is 236 g/mol. The summed E-state index contributed by atoms with van der Waals surface area (Å²) in [6.07, 6.45) is 3.11. The minimum Gasteiger partial charge on any atom is -0.505 e. The third-order valence-electron chi connectivity index (χ3n) is 2.68. The summed E-state index contributed by atoms with van der Waals surface area (Å²) in [6, 6.07) is 4.88. The Hall–Kier alpha value is -1.71. The van der Waals surface area contributed by atoms with Gasteiger partial charge in [-0.15, -0.1) is 0 Å². The smallest absolute Gasteiger partial charge is 0.255 e. The van der Waals surface area contributed by atoms with Crippen LogP contribution in [0.4, 0.5) is 5.69 Å². The highest BCUT2D eigenvalue weighted by atomic mass is 16.3. The van der Waals surface area contributed by atoms with E-state index in [-0.39, 0.29) is 28.9 Å². The summed E-state index contributed by atoms with van der Waals surface area (Å²) in [5.74, 6) is -0.425. The SMILES string of the molecule is CCCCC(C)NC(=O)c1cccc(N)c1O. The van der Waals surface area contributed by atoms with Gasteiger partial charge in [-0.25, -0.2) is 0 Å². The number of hydrogen-bond donors (Lipinski definition) is 3. The van der Waals surface area contributed by atoms with Crippen LogP contribution >= 0.6 is 0 Å². The Bertz CT molecular complexity index is 391. The van der Waals surface area contributed by atoms with Crippen molar-refractivity contribution in [3.63, 3.8) is 0 Å². The van der Waals surface area contributed by atoms with Crippen molar-refractivity contribution in [2.45, 2.75) is 39.2 Å². The molecule has 1 unspecified atom stereocenters. The number of anilines is 1. The quantitative estimate of drug-likeness (QED) is 0.542. The first-order valence-corrected chi connectivity index (χ1v) is 5.94. The van der Waals surface area contributed by atoms with E-state index in [1.54, 1.807) is 18.2 Å². The molecule has 0 aliphatic heterocycles. The van der Waals surface area contributed by atoms with Crippen LogP contribution in [0.1, 0.15) is 43.5 Å². The van der Waals surface area contributed by atoms with Gasteiger partial charge in [0, 0.05) is 6.04 Å². The number of phenolic OH excluding ortho intramolecular Hbond substituents is 1. The van der Waals surface area contributed by atoms with Gasteiger partial charge in [-0.2, -0.15) is 0 Å². The average Bonchev–Trinajstić information content (AvgIpc) is 2.29. The highest BCUT2D eigenvalue weighted by Crippen LogP contribution is 2.24. The molecule has 1 aromatic rings. The molecule has 1 aromatic carbocycles. The van der Waals surface area contributed by atoms with E-state index < -0.39 is 0 Å². The Labute approximate surface area is 102 Å². The number of aromatic hydroxyl groups is 1. The van der Waals surface area contributed by atoms with Crippen molar-refractivity contribution >= 4 is 11.6 Å². The van der Waals surface area contributed by atoms with Crippen molar-refractivity contribution in [2.75, 3.05) is 5.73 Å². The summed E-state index contributed by atoms with van der Waals surface area (Å²) in [5.41, 5.74) is 5.99. The van der Waals surface area contributed by atoms with Crippen molar-refractivity contribution in [1.29, 1.82) is 0 Å². The Morgan fingerprint density at radius 2 is 2.24 bits per heavy atom. The van der Waals surface area contributed by atoms with Gasteiger partial charge in [0.1, 0.15) is 0 Å². The molecule has 0 bridgehead atoms. The molecule has 0 aliphatic carbocycles. The molecular weight excluding hydrogens is 216 g/mol. The standard InChI is InChI=1S/C13H20N2O2/c1-3-4-6-9(2)15-13(17)10-7-5-8-11(14)12(10)16/h5,7-9,16H,3-4,6,14H2,1-2H3,(H,15,17). The van der Waals surface area contributed by atoms with Gasteiger partial charge < -0.3 is 16.2 Å². The van der Waals surface area contributed by atoms with Gasteiger partial charge in [-0.3, -0.25) is 4.79 Å². The summed E-state index contributed by atoms with van der Waals surface area (Å²) in [4.78, 5) is 11.9. The number of nitrogen functional groups attached to an aromatic ring is 1. The van der Waals surface area contributed by atoms with Crippen LogP contribution in [0.2, 0.25) is 0 Å². The summed E-state index contributed by atoms with van der Waals surface area (Å²) in [6.45, 7) is 4.06. The predicted octanol–water partition coefficient (Wildman–Crippen LogP) is 2.28. The zero-order valence-electron chi connectivity index (χ0n) is 10.4. The van der Waals surface area contributed by atoms with E-state index in [0.29, 0.717) is 0 Å². The molecule has 94 valence electrons. The second-order valence-electron chi connectivity index (χ2n) is 4.26. The highest BCUT2D eigenvalue weighted by molar-refractivity contribution is 5.98. The number of carbonyl (C=O) groups is 1. The fourth-order valence-corrected chi connectivity index (χ4v) is 1.63. The van der Waals surface area contributed by atoms with Crippen LogP contribution in [0.5, 0.6) is 5.75 Å². The minimum atomic E-state index is -0.279. The maximum atomic E-state index is 11.9. The summed E-state index contributed by atoms with van der Waals surface area (Å²) in [5, 5.41) is 12.5. The molecule has 1 amide bonds. The predicted molar refractivity (Wildman–Crippen MR) is 69.0 cm³/mol. The largest absolute Gasteiger partial charge is 0.505 e. The Morgan fingerprint density at radius 3 is 2.88 bits per heavy atom. The molecule has 0 spiro atoms. The van der Waals surface area contributed by atoms with E-state index >= 15 is 0 Å². The van der Waals surface area contributed by atoms with Crippen molar-refractivity contribution < 1.29 is 9.90 Å². The molecule has 0 heterocycles. The van der Waals surface area contributed by atoms with Gasteiger partial charge in [0.2, 0.25) is 0 Å². The van der Waals surface area contributed by atoms with Crippen LogP contribution in [0.15, 0.2) is 18.2 Å². The van der Waals surface area contributed by atoms with Gasteiger partial charge >= 0.3 is 0 Å². The zero-order valence-corrected chi connectivity index (χ0v) is 10.4. The normalized spacial score (nSPS) is 12.1. The number of rotatable bonds is 5. The molecule has 17 heavy (non-hydrogen) atoms. The second-order valence-corrected chi connectivity index (χ2v) is 4.26. The van der Waals surface area contributed by atoms with E-state index in [2.05, 4.69) is 12.2 Å². The molecule has 0 aromatic heterocycles.